The van der Waals surface area contributed by atoms with Crippen molar-refractivity contribution in [3.05, 3.63) is 35.6 Å². The summed E-state index contributed by atoms with van der Waals surface area (Å²) in [6, 6.07) is 6.62. The first-order valence-electron chi connectivity index (χ1n) is 8.77. The van der Waals surface area contributed by atoms with Gasteiger partial charge in [0.1, 0.15) is 5.82 Å². The van der Waals surface area contributed by atoms with E-state index in [1.807, 2.05) is 6.07 Å². The molecule has 2 rings (SSSR count). The van der Waals surface area contributed by atoms with E-state index in [0.717, 1.165) is 44.1 Å². The van der Waals surface area contributed by atoms with Crippen LogP contribution in [-0.4, -0.2) is 69.1 Å². The Bertz CT molecular complexity index is 520. The zero-order valence-electron chi connectivity index (χ0n) is 14.9. The lowest BCUT2D eigenvalue weighted by Gasteiger charge is -2.20. The first-order chi connectivity index (χ1) is 11.7. The van der Waals surface area contributed by atoms with E-state index >= 15 is 0 Å². The molecule has 0 atom stereocenters. The van der Waals surface area contributed by atoms with Crippen molar-refractivity contribution in [2.24, 2.45) is 4.99 Å². The third-order valence-corrected chi connectivity index (χ3v) is 4.33. The fourth-order valence-electron chi connectivity index (χ4n) is 2.89. The van der Waals surface area contributed by atoms with Crippen LogP contribution in [0.1, 0.15) is 18.4 Å². The lowest BCUT2D eigenvalue weighted by Crippen LogP contribution is -2.38. The zero-order chi connectivity index (χ0) is 17.2. The Labute approximate surface area is 144 Å². The molecule has 0 aromatic heterocycles. The average Bonchev–Trinajstić information content (AvgIpc) is 2.79. The van der Waals surface area contributed by atoms with Gasteiger partial charge in [-0.25, -0.2) is 4.39 Å². The minimum Gasteiger partial charge on any atom is -0.356 e. The number of likely N-dealkylation sites (N-methyl/N-ethyl adjacent to an activating group) is 1. The Kier molecular flexibility index (Phi) is 7.98. The second kappa shape index (κ2) is 10.3. The van der Waals surface area contributed by atoms with Gasteiger partial charge in [0.05, 0.1) is 0 Å². The number of hydrogen-bond donors (Lipinski definition) is 2. The second-order valence-corrected chi connectivity index (χ2v) is 6.33. The molecular formula is C18H30FN5. The number of guanidine groups is 1. The summed E-state index contributed by atoms with van der Waals surface area (Å²) in [6.45, 7) is 7.27. The summed E-state index contributed by atoms with van der Waals surface area (Å²) >= 11 is 0. The standard InChI is InChI=1S/C18H30FN5/c1-20-18(22-15-16-6-3-7-17(19)14-16)21-8-4-10-24-11-5-9-23(2)12-13-24/h3,6-7,14H,4-5,8-13,15H2,1-2H3,(H2,20,21,22). The van der Waals surface area contributed by atoms with Gasteiger partial charge in [0.15, 0.2) is 5.96 Å². The molecule has 0 saturated carbocycles. The zero-order valence-corrected chi connectivity index (χ0v) is 14.9. The van der Waals surface area contributed by atoms with E-state index in [-0.39, 0.29) is 5.82 Å². The third-order valence-electron chi connectivity index (χ3n) is 4.33. The lowest BCUT2D eigenvalue weighted by molar-refractivity contribution is 0.274. The Morgan fingerprint density at radius 2 is 2.08 bits per heavy atom. The van der Waals surface area contributed by atoms with Gasteiger partial charge in [-0.05, 0) is 57.2 Å². The highest BCUT2D eigenvalue weighted by molar-refractivity contribution is 5.79. The van der Waals surface area contributed by atoms with Crippen LogP contribution >= 0.6 is 0 Å². The molecule has 2 N–H and O–H groups in total. The van der Waals surface area contributed by atoms with Crippen LogP contribution in [-0.2, 0) is 6.54 Å². The van der Waals surface area contributed by atoms with Crippen LogP contribution in [0.2, 0.25) is 0 Å². The van der Waals surface area contributed by atoms with Crippen molar-refractivity contribution >= 4 is 5.96 Å². The molecule has 134 valence electrons. The maximum Gasteiger partial charge on any atom is 0.191 e. The maximum atomic E-state index is 13.2. The second-order valence-electron chi connectivity index (χ2n) is 6.33. The van der Waals surface area contributed by atoms with E-state index in [2.05, 4.69) is 32.5 Å². The van der Waals surface area contributed by atoms with Gasteiger partial charge in [-0.3, -0.25) is 4.99 Å². The molecule has 0 spiro atoms. The highest BCUT2D eigenvalue weighted by Crippen LogP contribution is 2.03. The van der Waals surface area contributed by atoms with Gasteiger partial charge in [-0.2, -0.15) is 0 Å². The molecular weight excluding hydrogens is 305 g/mol. The third kappa shape index (κ3) is 6.84. The smallest absolute Gasteiger partial charge is 0.191 e. The highest BCUT2D eigenvalue weighted by atomic mass is 19.1. The van der Waals surface area contributed by atoms with Crippen molar-refractivity contribution in [2.75, 3.05) is 53.4 Å². The number of nitrogens with zero attached hydrogens (tertiary/aromatic N) is 3. The predicted molar refractivity (Wildman–Crippen MR) is 97.8 cm³/mol. The fourth-order valence-corrected chi connectivity index (χ4v) is 2.89. The predicted octanol–water partition coefficient (Wildman–Crippen LogP) is 1.52. The quantitative estimate of drug-likeness (QED) is 0.470. The van der Waals surface area contributed by atoms with Crippen LogP contribution in [0.3, 0.4) is 0 Å². The topological polar surface area (TPSA) is 42.9 Å². The van der Waals surface area contributed by atoms with E-state index in [1.54, 1.807) is 13.1 Å². The monoisotopic (exact) mass is 335 g/mol. The molecule has 0 aliphatic carbocycles. The van der Waals surface area contributed by atoms with Crippen LogP contribution in [0.5, 0.6) is 0 Å². The van der Waals surface area contributed by atoms with Crippen LogP contribution in [0.25, 0.3) is 0 Å². The van der Waals surface area contributed by atoms with Crippen molar-refractivity contribution in [1.82, 2.24) is 20.4 Å². The van der Waals surface area contributed by atoms with Gasteiger partial charge in [0.2, 0.25) is 0 Å². The normalized spacial score (nSPS) is 17.5. The molecule has 1 saturated heterocycles. The lowest BCUT2D eigenvalue weighted by atomic mass is 10.2. The van der Waals surface area contributed by atoms with Crippen LogP contribution in [0.15, 0.2) is 29.3 Å². The number of nitrogens with one attached hydrogen (secondary N) is 2. The molecule has 0 unspecified atom stereocenters. The van der Waals surface area contributed by atoms with Gasteiger partial charge >= 0.3 is 0 Å². The number of halogens is 1. The van der Waals surface area contributed by atoms with Gasteiger partial charge < -0.3 is 20.4 Å². The molecule has 1 aromatic carbocycles. The molecule has 1 aromatic rings. The Hall–Kier alpha value is -1.66. The molecule has 6 heteroatoms. The van der Waals surface area contributed by atoms with Gasteiger partial charge in [0.25, 0.3) is 0 Å². The molecule has 0 bridgehead atoms. The molecule has 5 nitrogen and oxygen atoms in total. The number of benzene rings is 1. The van der Waals surface area contributed by atoms with Gasteiger partial charge in [-0.15, -0.1) is 0 Å². The summed E-state index contributed by atoms with van der Waals surface area (Å²) < 4.78 is 13.2. The van der Waals surface area contributed by atoms with Crippen molar-refractivity contribution in [3.8, 4) is 0 Å². The number of hydrogen-bond acceptors (Lipinski definition) is 3. The SMILES string of the molecule is CN=C(NCCCN1CCCN(C)CC1)NCc1cccc(F)c1. The Morgan fingerprint density at radius 1 is 1.21 bits per heavy atom. The molecule has 1 aliphatic heterocycles. The Morgan fingerprint density at radius 3 is 2.88 bits per heavy atom. The average molecular weight is 335 g/mol. The van der Waals surface area contributed by atoms with Gasteiger partial charge in [0, 0.05) is 33.2 Å². The minimum absolute atomic E-state index is 0.208. The minimum atomic E-state index is -0.208. The summed E-state index contributed by atoms with van der Waals surface area (Å²) in [5, 5.41) is 6.55. The number of rotatable bonds is 6. The fraction of sp³-hybridized carbons (Fsp3) is 0.611. The molecule has 0 radical (unpaired) electrons. The van der Waals surface area contributed by atoms with Crippen molar-refractivity contribution in [3.63, 3.8) is 0 Å². The van der Waals surface area contributed by atoms with Crippen LogP contribution in [0, 0.1) is 5.82 Å². The first kappa shape index (κ1) is 18.7. The summed E-state index contributed by atoms with van der Waals surface area (Å²) in [5.41, 5.74) is 0.909. The largest absolute Gasteiger partial charge is 0.356 e. The van der Waals surface area contributed by atoms with Gasteiger partial charge in [-0.1, -0.05) is 12.1 Å². The van der Waals surface area contributed by atoms with Crippen LogP contribution in [0.4, 0.5) is 4.39 Å². The highest BCUT2D eigenvalue weighted by Gasteiger charge is 2.11. The Balaban J connectivity index is 1.63. The summed E-state index contributed by atoms with van der Waals surface area (Å²) in [6.07, 6.45) is 2.34. The van der Waals surface area contributed by atoms with Crippen molar-refractivity contribution < 1.29 is 4.39 Å². The molecule has 1 fully saturated rings. The molecule has 1 heterocycles. The van der Waals surface area contributed by atoms with Crippen molar-refractivity contribution in [2.45, 2.75) is 19.4 Å². The summed E-state index contributed by atoms with van der Waals surface area (Å²) in [4.78, 5) is 9.15. The molecule has 1 aliphatic rings. The van der Waals surface area contributed by atoms with E-state index in [1.165, 1.54) is 31.6 Å². The van der Waals surface area contributed by atoms with Crippen molar-refractivity contribution in [1.29, 1.82) is 0 Å². The van der Waals surface area contributed by atoms with E-state index < -0.39 is 0 Å². The first-order valence-corrected chi connectivity index (χ1v) is 8.77. The number of aliphatic imine (C=N–C) groups is 1. The maximum absolute atomic E-state index is 13.2. The van der Waals surface area contributed by atoms with E-state index in [4.69, 9.17) is 0 Å². The summed E-state index contributed by atoms with van der Waals surface area (Å²) in [7, 11) is 3.95. The van der Waals surface area contributed by atoms with E-state index in [0.29, 0.717) is 6.54 Å². The molecule has 0 amide bonds. The molecule has 24 heavy (non-hydrogen) atoms. The van der Waals surface area contributed by atoms with E-state index in [9.17, 15) is 4.39 Å². The summed E-state index contributed by atoms with van der Waals surface area (Å²) in [5.74, 6) is 0.551. The van der Waals surface area contributed by atoms with Crippen LogP contribution < -0.4 is 10.6 Å².